The minimum absolute atomic E-state index is 0.743. The predicted molar refractivity (Wildman–Crippen MR) is 46.0 cm³/mol. The summed E-state index contributed by atoms with van der Waals surface area (Å²) >= 11 is 0. The summed E-state index contributed by atoms with van der Waals surface area (Å²) in [4.78, 5) is 0. The van der Waals surface area contributed by atoms with E-state index in [4.69, 9.17) is 0 Å². The molecule has 0 saturated heterocycles. The summed E-state index contributed by atoms with van der Waals surface area (Å²) in [6.45, 7) is 3.41. The van der Waals surface area contributed by atoms with Gasteiger partial charge in [-0.15, -0.1) is 0 Å². The minimum atomic E-state index is 0.743. The summed E-state index contributed by atoms with van der Waals surface area (Å²) in [6, 6.07) is 0.743. The van der Waals surface area contributed by atoms with Crippen LogP contribution in [0.15, 0.2) is 0 Å². The van der Waals surface area contributed by atoms with E-state index in [2.05, 4.69) is 33.4 Å². The largest absolute Gasteiger partial charge is 0.329 e. The molecule has 1 N–H and O–H groups in total. The van der Waals surface area contributed by atoms with Crippen molar-refractivity contribution in [2.24, 2.45) is 0 Å². The van der Waals surface area contributed by atoms with Crippen LogP contribution in [0.25, 0.3) is 0 Å². The molecule has 1 unspecified atom stereocenters. The number of rotatable bonds is 4. The summed E-state index contributed by atoms with van der Waals surface area (Å²) in [7, 11) is 8.71. The molecule has 10 heavy (non-hydrogen) atoms. The molecule has 0 bridgehead atoms. The van der Waals surface area contributed by atoms with Crippen molar-refractivity contribution in [3.8, 4) is 0 Å². The van der Waals surface area contributed by atoms with Crippen LogP contribution in [0, 0.1) is 0 Å². The number of nitrogens with one attached hydrogen (secondary N) is 1. The SMILES string of the molecule is CNCCC(C)[N+](C)(C)C. The highest BCUT2D eigenvalue weighted by molar-refractivity contribution is 4.50. The monoisotopic (exact) mass is 145 g/mol. The quantitative estimate of drug-likeness (QED) is 0.574. The Morgan fingerprint density at radius 3 is 2.10 bits per heavy atom. The van der Waals surface area contributed by atoms with Crippen LogP contribution < -0.4 is 5.32 Å². The van der Waals surface area contributed by atoms with Gasteiger partial charge < -0.3 is 9.80 Å². The van der Waals surface area contributed by atoms with Crippen LogP contribution in [0.5, 0.6) is 0 Å². The fourth-order valence-corrected chi connectivity index (χ4v) is 0.741. The maximum absolute atomic E-state index is 3.16. The molecular formula is C8H21N2+. The van der Waals surface area contributed by atoms with Gasteiger partial charge in [0, 0.05) is 13.0 Å². The maximum Gasteiger partial charge on any atom is 0.0867 e. The van der Waals surface area contributed by atoms with Gasteiger partial charge in [-0.1, -0.05) is 0 Å². The average molecular weight is 145 g/mol. The molecule has 0 rings (SSSR count). The van der Waals surface area contributed by atoms with Crippen molar-refractivity contribution in [3.05, 3.63) is 0 Å². The second kappa shape index (κ2) is 3.94. The summed E-state index contributed by atoms with van der Waals surface area (Å²) in [5.74, 6) is 0. The Kier molecular flexibility index (Phi) is 3.91. The van der Waals surface area contributed by atoms with Crippen molar-refractivity contribution < 1.29 is 4.48 Å². The van der Waals surface area contributed by atoms with Gasteiger partial charge >= 0.3 is 0 Å². The zero-order valence-corrected chi connectivity index (χ0v) is 7.94. The molecule has 0 saturated carbocycles. The molecule has 0 amide bonds. The Hall–Kier alpha value is -0.0800. The fraction of sp³-hybridized carbons (Fsp3) is 1.00. The molecule has 0 spiro atoms. The van der Waals surface area contributed by atoms with E-state index in [0.717, 1.165) is 17.1 Å². The maximum atomic E-state index is 3.16. The van der Waals surface area contributed by atoms with Crippen molar-refractivity contribution in [1.82, 2.24) is 5.32 Å². The van der Waals surface area contributed by atoms with Gasteiger partial charge in [-0.2, -0.15) is 0 Å². The number of nitrogens with zero attached hydrogens (tertiary/aromatic N) is 1. The van der Waals surface area contributed by atoms with Gasteiger partial charge in [0.05, 0.1) is 27.2 Å². The molecule has 1 atom stereocenters. The van der Waals surface area contributed by atoms with Crippen molar-refractivity contribution in [3.63, 3.8) is 0 Å². The lowest BCUT2D eigenvalue weighted by molar-refractivity contribution is -0.894. The van der Waals surface area contributed by atoms with Gasteiger partial charge in [0.15, 0.2) is 0 Å². The van der Waals surface area contributed by atoms with Crippen molar-refractivity contribution in [2.45, 2.75) is 19.4 Å². The summed E-state index contributed by atoms with van der Waals surface area (Å²) in [6.07, 6.45) is 1.25. The highest BCUT2D eigenvalue weighted by Gasteiger charge is 2.16. The van der Waals surface area contributed by atoms with Crippen LogP contribution in [-0.2, 0) is 0 Å². The number of hydrogen-bond donors (Lipinski definition) is 1. The lowest BCUT2D eigenvalue weighted by Gasteiger charge is -2.31. The van der Waals surface area contributed by atoms with Gasteiger partial charge in [0.1, 0.15) is 0 Å². The highest BCUT2D eigenvalue weighted by Crippen LogP contribution is 2.04. The molecule has 0 radical (unpaired) electrons. The van der Waals surface area contributed by atoms with E-state index in [-0.39, 0.29) is 0 Å². The molecule has 0 aromatic heterocycles. The average Bonchev–Trinajstić information content (AvgIpc) is 1.80. The van der Waals surface area contributed by atoms with E-state index in [0.29, 0.717) is 0 Å². The van der Waals surface area contributed by atoms with Gasteiger partial charge in [0.25, 0.3) is 0 Å². The van der Waals surface area contributed by atoms with Crippen LogP contribution in [0.2, 0.25) is 0 Å². The fourth-order valence-electron chi connectivity index (χ4n) is 0.741. The summed E-state index contributed by atoms with van der Waals surface area (Å²) in [5.41, 5.74) is 0. The predicted octanol–water partition coefficient (Wildman–Crippen LogP) is 0.691. The smallest absolute Gasteiger partial charge is 0.0867 e. The minimum Gasteiger partial charge on any atom is -0.329 e. The Bertz CT molecular complexity index is 83.7. The molecule has 2 nitrogen and oxygen atoms in total. The topological polar surface area (TPSA) is 12.0 Å². The first-order valence-corrected chi connectivity index (χ1v) is 3.94. The lowest BCUT2D eigenvalue weighted by Crippen LogP contribution is -2.44. The molecule has 0 fully saturated rings. The normalized spacial score (nSPS) is 15.3. The number of hydrogen-bond acceptors (Lipinski definition) is 1. The third-order valence-electron chi connectivity index (χ3n) is 2.13. The molecule has 62 valence electrons. The Morgan fingerprint density at radius 1 is 1.30 bits per heavy atom. The standard InChI is InChI=1S/C8H21N2/c1-8(6-7-9-2)10(3,4)5/h8-9H,6-7H2,1-5H3/q+1. The van der Waals surface area contributed by atoms with Crippen LogP contribution in [-0.4, -0.2) is 45.3 Å². The third kappa shape index (κ3) is 3.85. The van der Waals surface area contributed by atoms with Crippen LogP contribution in [0.4, 0.5) is 0 Å². The number of quaternary nitrogens is 1. The van der Waals surface area contributed by atoms with Crippen LogP contribution in [0.1, 0.15) is 13.3 Å². The van der Waals surface area contributed by atoms with Crippen LogP contribution >= 0.6 is 0 Å². The summed E-state index contributed by atoms with van der Waals surface area (Å²) < 4.78 is 1.06. The molecule has 0 aliphatic rings. The van der Waals surface area contributed by atoms with Crippen molar-refractivity contribution >= 4 is 0 Å². The second-order valence-electron chi connectivity index (χ2n) is 3.86. The molecule has 0 aromatic rings. The van der Waals surface area contributed by atoms with Crippen molar-refractivity contribution in [2.75, 3.05) is 34.7 Å². The third-order valence-corrected chi connectivity index (χ3v) is 2.13. The molecule has 0 aromatic carbocycles. The first-order valence-electron chi connectivity index (χ1n) is 3.94. The van der Waals surface area contributed by atoms with E-state index in [9.17, 15) is 0 Å². The first-order chi connectivity index (χ1) is 4.48. The Labute approximate surface area is 64.8 Å². The zero-order chi connectivity index (χ0) is 8.20. The van der Waals surface area contributed by atoms with Gasteiger partial charge in [-0.25, -0.2) is 0 Å². The lowest BCUT2D eigenvalue weighted by atomic mass is 10.2. The van der Waals surface area contributed by atoms with E-state index in [1.807, 2.05) is 7.05 Å². The van der Waals surface area contributed by atoms with E-state index < -0.39 is 0 Å². The molecule has 2 heteroatoms. The molecule has 0 aliphatic heterocycles. The highest BCUT2D eigenvalue weighted by atomic mass is 15.3. The van der Waals surface area contributed by atoms with Crippen molar-refractivity contribution in [1.29, 1.82) is 0 Å². The van der Waals surface area contributed by atoms with Crippen LogP contribution in [0.3, 0.4) is 0 Å². The molecular weight excluding hydrogens is 124 g/mol. The zero-order valence-electron chi connectivity index (χ0n) is 7.94. The first kappa shape index (κ1) is 9.92. The van der Waals surface area contributed by atoms with Gasteiger partial charge in [0.2, 0.25) is 0 Å². The van der Waals surface area contributed by atoms with E-state index >= 15 is 0 Å². The van der Waals surface area contributed by atoms with E-state index in [1.54, 1.807) is 0 Å². The Balaban J connectivity index is 3.52. The van der Waals surface area contributed by atoms with Gasteiger partial charge in [-0.3, -0.25) is 0 Å². The molecule has 0 heterocycles. The van der Waals surface area contributed by atoms with Gasteiger partial charge in [-0.05, 0) is 14.0 Å². The summed E-state index contributed by atoms with van der Waals surface area (Å²) in [5, 5.41) is 3.16. The molecule has 0 aliphatic carbocycles. The Morgan fingerprint density at radius 2 is 1.80 bits per heavy atom. The van der Waals surface area contributed by atoms with E-state index in [1.165, 1.54) is 6.42 Å². The second-order valence-corrected chi connectivity index (χ2v) is 3.86.